The van der Waals surface area contributed by atoms with Crippen molar-refractivity contribution in [3.63, 3.8) is 0 Å². The summed E-state index contributed by atoms with van der Waals surface area (Å²) in [6, 6.07) is 0. The van der Waals surface area contributed by atoms with E-state index >= 15 is 0 Å². The maximum Gasteiger partial charge on any atom is 0.311 e. The molecule has 1 aliphatic rings. The molecule has 1 saturated carbocycles. The summed E-state index contributed by atoms with van der Waals surface area (Å²) in [7, 11) is 2.86. The monoisotopic (exact) mass is 174 g/mol. The van der Waals surface area contributed by atoms with Gasteiger partial charge >= 0.3 is 5.97 Å². The fourth-order valence-corrected chi connectivity index (χ4v) is 1.61. The minimum absolute atomic E-state index is 0.214. The highest BCUT2D eigenvalue weighted by atomic mass is 16.5. The normalized spacial score (nSPS) is 35.1. The third-order valence-electron chi connectivity index (χ3n) is 2.36. The van der Waals surface area contributed by atoms with Crippen molar-refractivity contribution in [2.45, 2.75) is 25.0 Å². The summed E-state index contributed by atoms with van der Waals surface area (Å²) in [5, 5.41) is 9.52. The van der Waals surface area contributed by atoms with Gasteiger partial charge in [0, 0.05) is 7.11 Å². The molecule has 3 atom stereocenters. The van der Waals surface area contributed by atoms with E-state index in [0.29, 0.717) is 6.42 Å². The van der Waals surface area contributed by atoms with Crippen molar-refractivity contribution in [3.8, 4) is 0 Å². The molecule has 1 fully saturated rings. The SMILES string of the molecule is COC(=O)[C@H]1CC[C@H](OC)[C@H]1O. The first kappa shape index (κ1) is 9.48. The van der Waals surface area contributed by atoms with Crippen molar-refractivity contribution in [1.29, 1.82) is 0 Å². The summed E-state index contributed by atoms with van der Waals surface area (Å²) in [4.78, 5) is 11.0. The Morgan fingerprint density at radius 2 is 2.08 bits per heavy atom. The number of hydrogen-bond acceptors (Lipinski definition) is 4. The lowest BCUT2D eigenvalue weighted by Crippen LogP contribution is -2.31. The molecule has 1 aliphatic carbocycles. The number of esters is 1. The Kier molecular flexibility index (Phi) is 3.05. The van der Waals surface area contributed by atoms with Crippen LogP contribution in [0.1, 0.15) is 12.8 Å². The number of carbonyl (C=O) groups excluding carboxylic acids is 1. The average Bonchev–Trinajstić information content (AvgIpc) is 2.45. The van der Waals surface area contributed by atoms with Gasteiger partial charge in [-0.2, -0.15) is 0 Å². The minimum Gasteiger partial charge on any atom is -0.469 e. The van der Waals surface area contributed by atoms with E-state index in [4.69, 9.17) is 4.74 Å². The van der Waals surface area contributed by atoms with Crippen LogP contribution in [0.5, 0.6) is 0 Å². The van der Waals surface area contributed by atoms with Gasteiger partial charge in [0.2, 0.25) is 0 Å². The second-order valence-corrected chi connectivity index (χ2v) is 2.97. The molecule has 4 nitrogen and oxygen atoms in total. The molecule has 4 heteroatoms. The van der Waals surface area contributed by atoms with Gasteiger partial charge in [-0.1, -0.05) is 0 Å². The van der Waals surface area contributed by atoms with E-state index < -0.39 is 12.0 Å². The Labute approximate surface area is 71.5 Å². The lowest BCUT2D eigenvalue weighted by atomic mass is 10.1. The van der Waals surface area contributed by atoms with Gasteiger partial charge in [-0.3, -0.25) is 4.79 Å². The van der Waals surface area contributed by atoms with Crippen molar-refractivity contribution in [2.75, 3.05) is 14.2 Å². The molecule has 0 radical (unpaired) electrons. The van der Waals surface area contributed by atoms with Crippen LogP contribution in [0.2, 0.25) is 0 Å². The van der Waals surface area contributed by atoms with Crippen molar-refractivity contribution in [2.24, 2.45) is 5.92 Å². The predicted octanol–water partition coefficient (Wildman–Crippen LogP) is -0.0547. The van der Waals surface area contributed by atoms with Gasteiger partial charge in [0.15, 0.2) is 0 Å². The molecule has 0 aromatic rings. The molecule has 0 saturated heterocycles. The van der Waals surface area contributed by atoms with Gasteiger partial charge in [-0.25, -0.2) is 0 Å². The molecule has 1 N–H and O–H groups in total. The van der Waals surface area contributed by atoms with Crippen LogP contribution in [-0.4, -0.2) is 37.5 Å². The van der Waals surface area contributed by atoms with E-state index in [1.807, 2.05) is 0 Å². The van der Waals surface area contributed by atoms with E-state index in [2.05, 4.69) is 4.74 Å². The van der Waals surface area contributed by atoms with Crippen LogP contribution < -0.4 is 0 Å². The summed E-state index contributed by atoms with van der Waals surface area (Å²) >= 11 is 0. The second-order valence-electron chi connectivity index (χ2n) is 2.97. The van der Waals surface area contributed by atoms with Crippen molar-refractivity contribution >= 4 is 5.97 Å². The number of methoxy groups -OCH3 is 2. The smallest absolute Gasteiger partial charge is 0.311 e. The van der Waals surface area contributed by atoms with Gasteiger partial charge < -0.3 is 14.6 Å². The Morgan fingerprint density at radius 3 is 2.50 bits per heavy atom. The summed E-state index contributed by atoms with van der Waals surface area (Å²) in [5.74, 6) is -0.748. The third kappa shape index (κ3) is 1.59. The van der Waals surface area contributed by atoms with Crippen LogP contribution in [-0.2, 0) is 14.3 Å². The van der Waals surface area contributed by atoms with Crippen molar-refractivity contribution < 1.29 is 19.4 Å². The molecule has 0 spiro atoms. The van der Waals surface area contributed by atoms with E-state index in [9.17, 15) is 9.90 Å². The Morgan fingerprint density at radius 1 is 1.42 bits per heavy atom. The molecule has 0 aromatic heterocycles. The lowest BCUT2D eigenvalue weighted by Gasteiger charge is -2.16. The summed E-state index contributed by atoms with van der Waals surface area (Å²) in [5.41, 5.74) is 0. The quantitative estimate of drug-likeness (QED) is 0.596. The molecule has 1 rings (SSSR count). The molecule has 0 aromatic carbocycles. The Hall–Kier alpha value is -0.610. The number of rotatable bonds is 2. The zero-order chi connectivity index (χ0) is 9.14. The first-order valence-corrected chi connectivity index (χ1v) is 3.99. The van der Waals surface area contributed by atoms with Crippen LogP contribution in [0, 0.1) is 5.92 Å². The maximum atomic E-state index is 11.0. The molecule has 12 heavy (non-hydrogen) atoms. The Bertz CT molecular complexity index is 168. The maximum absolute atomic E-state index is 11.0. The second kappa shape index (κ2) is 3.87. The summed E-state index contributed by atoms with van der Waals surface area (Å²) in [6.45, 7) is 0. The molecule has 0 heterocycles. The first-order chi connectivity index (χ1) is 5.70. The largest absolute Gasteiger partial charge is 0.469 e. The highest BCUT2D eigenvalue weighted by Gasteiger charge is 2.39. The number of carbonyl (C=O) groups is 1. The molecular formula is C8H14O4. The van der Waals surface area contributed by atoms with Gasteiger partial charge in [0.25, 0.3) is 0 Å². The number of hydrogen-bond donors (Lipinski definition) is 1. The van der Waals surface area contributed by atoms with E-state index in [1.54, 1.807) is 0 Å². The van der Waals surface area contributed by atoms with Crippen LogP contribution in [0.25, 0.3) is 0 Å². The van der Waals surface area contributed by atoms with Gasteiger partial charge in [0.05, 0.1) is 25.2 Å². The van der Waals surface area contributed by atoms with Crippen molar-refractivity contribution in [3.05, 3.63) is 0 Å². The van der Waals surface area contributed by atoms with E-state index in [-0.39, 0.29) is 12.1 Å². The third-order valence-corrected chi connectivity index (χ3v) is 2.36. The molecule has 70 valence electrons. The number of ether oxygens (including phenoxy) is 2. The lowest BCUT2D eigenvalue weighted by molar-refractivity contribution is -0.149. The summed E-state index contributed by atoms with van der Waals surface area (Å²) < 4.78 is 9.53. The molecular weight excluding hydrogens is 160 g/mol. The van der Waals surface area contributed by atoms with Gasteiger partial charge in [-0.05, 0) is 12.8 Å². The number of aliphatic hydroxyl groups is 1. The van der Waals surface area contributed by atoms with E-state index in [1.165, 1.54) is 14.2 Å². The fourth-order valence-electron chi connectivity index (χ4n) is 1.61. The minimum atomic E-state index is -0.706. The van der Waals surface area contributed by atoms with Crippen LogP contribution in [0.15, 0.2) is 0 Å². The topological polar surface area (TPSA) is 55.8 Å². The highest BCUT2D eigenvalue weighted by Crippen LogP contribution is 2.28. The zero-order valence-corrected chi connectivity index (χ0v) is 7.32. The zero-order valence-electron chi connectivity index (χ0n) is 7.32. The Balaban J connectivity index is 2.54. The highest BCUT2D eigenvalue weighted by molar-refractivity contribution is 5.73. The average molecular weight is 174 g/mol. The predicted molar refractivity (Wildman–Crippen MR) is 41.5 cm³/mol. The van der Waals surface area contributed by atoms with Crippen LogP contribution >= 0.6 is 0 Å². The molecule has 0 bridgehead atoms. The van der Waals surface area contributed by atoms with Crippen molar-refractivity contribution in [1.82, 2.24) is 0 Å². The number of aliphatic hydroxyl groups excluding tert-OH is 1. The molecule has 0 amide bonds. The molecule has 0 unspecified atom stereocenters. The van der Waals surface area contributed by atoms with Gasteiger partial charge in [-0.15, -0.1) is 0 Å². The van der Waals surface area contributed by atoms with E-state index in [0.717, 1.165) is 6.42 Å². The van der Waals surface area contributed by atoms with Crippen LogP contribution in [0.3, 0.4) is 0 Å². The summed E-state index contributed by atoms with van der Waals surface area (Å²) in [6.07, 6.45) is 0.445. The van der Waals surface area contributed by atoms with Crippen LogP contribution in [0.4, 0.5) is 0 Å². The van der Waals surface area contributed by atoms with Gasteiger partial charge in [0.1, 0.15) is 0 Å². The first-order valence-electron chi connectivity index (χ1n) is 3.99. The standard InChI is InChI=1S/C8H14O4/c1-11-6-4-3-5(7(6)9)8(10)12-2/h5-7,9H,3-4H2,1-2H3/t5-,6-,7-/m0/s1. The fraction of sp³-hybridized carbons (Fsp3) is 0.875. The molecule has 0 aliphatic heterocycles.